The van der Waals surface area contributed by atoms with Crippen molar-refractivity contribution in [2.75, 3.05) is 5.43 Å². The molecule has 6 heteroatoms. The number of para-hydroxylation sites is 1. The molecule has 0 aliphatic carbocycles. The molecule has 3 aromatic rings. The molecule has 0 amide bonds. The fourth-order valence-corrected chi connectivity index (χ4v) is 2.86. The van der Waals surface area contributed by atoms with Crippen molar-refractivity contribution < 1.29 is 0 Å². The summed E-state index contributed by atoms with van der Waals surface area (Å²) in [6.07, 6.45) is 0. The number of aromatic nitrogens is 1. The predicted octanol–water partition coefficient (Wildman–Crippen LogP) is 4.80. The first-order valence-electron chi connectivity index (χ1n) is 6.77. The van der Waals surface area contributed by atoms with E-state index in [9.17, 15) is 5.26 Å². The van der Waals surface area contributed by atoms with E-state index in [0.717, 1.165) is 11.3 Å². The van der Waals surface area contributed by atoms with E-state index >= 15 is 0 Å². The lowest BCUT2D eigenvalue weighted by Gasteiger charge is -2.02. The highest BCUT2D eigenvalue weighted by Crippen LogP contribution is 2.23. The lowest BCUT2D eigenvalue weighted by Crippen LogP contribution is -2.01. The van der Waals surface area contributed by atoms with Gasteiger partial charge < -0.3 is 0 Å². The summed E-state index contributed by atoms with van der Waals surface area (Å²) in [5.74, 6) is 0. The minimum atomic E-state index is 0.220. The summed E-state index contributed by atoms with van der Waals surface area (Å²) in [6.45, 7) is 0. The smallest absolute Gasteiger partial charge is 0.196 e. The third kappa shape index (κ3) is 3.57. The van der Waals surface area contributed by atoms with E-state index in [1.165, 1.54) is 11.3 Å². The van der Waals surface area contributed by atoms with E-state index in [0.29, 0.717) is 15.7 Å². The quantitative estimate of drug-likeness (QED) is 0.549. The number of rotatable bonds is 4. The van der Waals surface area contributed by atoms with Crippen molar-refractivity contribution in [2.45, 2.75) is 0 Å². The zero-order chi connectivity index (χ0) is 16.1. The Kier molecular flexibility index (Phi) is 4.67. The molecule has 23 heavy (non-hydrogen) atoms. The molecule has 0 radical (unpaired) electrons. The van der Waals surface area contributed by atoms with Gasteiger partial charge in [0.1, 0.15) is 6.07 Å². The average Bonchev–Trinajstić information content (AvgIpc) is 3.08. The molecule has 1 heterocycles. The highest BCUT2D eigenvalue weighted by atomic mass is 35.5. The summed E-state index contributed by atoms with van der Waals surface area (Å²) in [7, 11) is 0. The maximum atomic E-state index is 9.32. The summed E-state index contributed by atoms with van der Waals surface area (Å²) in [5.41, 5.74) is 5.50. The number of nitriles is 1. The number of benzene rings is 2. The first-order valence-corrected chi connectivity index (χ1v) is 8.03. The van der Waals surface area contributed by atoms with Crippen LogP contribution in [0, 0.1) is 11.3 Å². The van der Waals surface area contributed by atoms with E-state index in [1.807, 2.05) is 47.8 Å². The molecule has 112 valence electrons. The third-order valence-corrected chi connectivity index (χ3v) is 4.22. The van der Waals surface area contributed by atoms with Crippen LogP contribution in [0.4, 0.5) is 5.69 Å². The molecule has 0 fully saturated rings. The molecule has 0 aliphatic rings. The van der Waals surface area contributed by atoms with Gasteiger partial charge in [-0.05, 0) is 12.1 Å². The maximum absolute atomic E-state index is 9.32. The van der Waals surface area contributed by atoms with Crippen LogP contribution >= 0.6 is 22.9 Å². The van der Waals surface area contributed by atoms with Gasteiger partial charge in [-0.1, -0.05) is 54.1 Å². The van der Waals surface area contributed by atoms with Crippen LogP contribution in [0.15, 0.2) is 65.1 Å². The number of hydrazone groups is 1. The Morgan fingerprint density at radius 2 is 1.87 bits per heavy atom. The van der Waals surface area contributed by atoms with Crippen LogP contribution in [-0.2, 0) is 0 Å². The van der Waals surface area contributed by atoms with Crippen LogP contribution in [0.25, 0.3) is 11.3 Å². The van der Waals surface area contributed by atoms with Crippen LogP contribution in [0.2, 0.25) is 5.02 Å². The average molecular weight is 339 g/mol. The first-order chi connectivity index (χ1) is 11.3. The highest BCUT2D eigenvalue weighted by Gasteiger charge is 2.10. The molecule has 0 unspecified atom stereocenters. The number of nitrogens with zero attached hydrogens (tertiary/aromatic N) is 3. The van der Waals surface area contributed by atoms with Crippen molar-refractivity contribution in [2.24, 2.45) is 5.10 Å². The minimum Gasteiger partial charge on any atom is -0.276 e. The zero-order valence-corrected chi connectivity index (χ0v) is 13.5. The second kappa shape index (κ2) is 7.05. The predicted molar refractivity (Wildman–Crippen MR) is 94.8 cm³/mol. The Morgan fingerprint density at radius 1 is 1.13 bits per heavy atom. The molecule has 1 N–H and O–H groups in total. The van der Waals surface area contributed by atoms with Crippen LogP contribution in [0.1, 0.15) is 5.01 Å². The van der Waals surface area contributed by atoms with Gasteiger partial charge in [-0.3, -0.25) is 5.43 Å². The van der Waals surface area contributed by atoms with E-state index in [4.69, 9.17) is 11.6 Å². The lowest BCUT2D eigenvalue weighted by molar-refractivity contribution is 1.31. The number of hydrogen-bond donors (Lipinski definition) is 1. The van der Waals surface area contributed by atoms with Gasteiger partial charge in [-0.25, -0.2) is 4.98 Å². The topological polar surface area (TPSA) is 61.1 Å². The van der Waals surface area contributed by atoms with Gasteiger partial charge in [-0.15, -0.1) is 11.3 Å². The second-order valence-electron chi connectivity index (χ2n) is 4.57. The fraction of sp³-hybridized carbons (Fsp3) is 0. The normalized spacial score (nSPS) is 11.0. The zero-order valence-electron chi connectivity index (χ0n) is 11.9. The molecule has 0 saturated heterocycles. The van der Waals surface area contributed by atoms with Crippen LogP contribution in [-0.4, -0.2) is 10.7 Å². The van der Waals surface area contributed by atoms with Gasteiger partial charge in [0.05, 0.1) is 16.4 Å². The molecule has 4 nitrogen and oxygen atoms in total. The van der Waals surface area contributed by atoms with Crippen LogP contribution in [0.3, 0.4) is 0 Å². The van der Waals surface area contributed by atoms with Gasteiger partial charge >= 0.3 is 0 Å². The van der Waals surface area contributed by atoms with Crippen molar-refractivity contribution in [1.29, 1.82) is 5.26 Å². The van der Waals surface area contributed by atoms with Crippen molar-refractivity contribution in [3.63, 3.8) is 0 Å². The van der Waals surface area contributed by atoms with Crippen molar-refractivity contribution in [3.05, 3.63) is 70.0 Å². The van der Waals surface area contributed by atoms with Gasteiger partial charge in [-0.2, -0.15) is 10.4 Å². The maximum Gasteiger partial charge on any atom is 0.196 e. The Labute approximate surface area is 142 Å². The largest absolute Gasteiger partial charge is 0.276 e. The molecule has 0 spiro atoms. The number of halogens is 1. The Bertz CT molecular complexity index is 881. The minimum absolute atomic E-state index is 0.220. The lowest BCUT2D eigenvalue weighted by atomic mass is 10.2. The number of nitrogens with one attached hydrogen (secondary N) is 1. The van der Waals surface area contributed by atoms with Crippen molar-refractivity contribution in [3.8, 4) is 17.3 Å². The second-order valence-corrected chi connectivity index (χ2v) is 5.83. The number of thiazole rings is 1. The Balaban J connectivity index is 1.85. The summed E-state index contributed by atoms with van der Waals surface area (Å²) in [5, 5.41) is 16.4. The number of hydrogen-bond acceptors (Lipinski definition) is 5. The van der Waals surface area contributed by atoms with Gasteiger partial charge in [0.25, 0.3) is 0 Å². The molecule has 0 bridgehead atoms. The molecular formula is C17H11ClN4S. The fourth-order valence-electron chi connectivity index (χ4n) is 1.91. The Morgan fingerprint density at radius 3 is 2.61 bits per heavy atom. The molecule has 0 saturated carbocycles. The SMILES string of the molecule is N#CC(=NNc1ccccc1Cl)c1nc(-c2ccccc2)cs1. The van der Waals surface area contributed by atoms with Crippen molar-refractivity contribution in [1.82, 2.24) is 4.98 Å². The summed E-state index contributed by atoms with van der Waals surface area (Å²) < 4.78 is 0. The summed E-state index contributed by atoms with van der Waals surface area (Å²) in [4.78, 5) is 4.48. The highest BCUT2D eigenvalue weighted by molar-refractivity contribution is 7.12. The summed E-state index contributed by atoms with van der Waals surface area (Å²) >= 11 is 7.43. The van der Waals surface area contributed by atoms with E-state index in [2.05, 4.69) is 21.6 Å². The molecule has 0 aliphatic heterocycles. The van der Waals surface area contributed by atoms with Crippen LogP contribution in [0.5, 0.6) is 0 Å². The van der Waals surface area contributed by atoms with Crippen molar-refractivity contribution >= 4 is 34.3 Å². The van der Waals surface area contributed by atoms with Gasteiger partial charge in [0, 0.05) is 10.9 Å². The van der Waals surface area contributed by atoms with Gasteiger partial charge in [0.2, 0.25) is 0 Å². The molecule has 1 aromatic heterocycles. The van der Waals surface area contributed by atoms with E-state index < -0.39 is 0 Å². The molecule has 3 rings (SSSR count). The monoisotopic (exact) mass is 338 g/mol. The Hall–Kier alpha value is -2.68. The van der Waals surface area contributed by atoms with E-state index in [-0.39, 0.29) is 5.71 Å². The third-order valence-electron chi connectivity index (χ3n) is 3.04. The summed E-state index contributed by atoms with van der Waals surface area (Å²) in [6, 6.07) is 19.1. The van der Waals surface area contributed by atoms with Crippen LogP contribution < -0.4 is 5.43 Å². The van der Waals surface area contributed by atoms with E-state index in [1.54, 1.807) is 12.1 Å². The molecule has 2 aromatic carbocycles. The standard InChI is InChI=1S/C17H11ClN4S/c18-13-8-4-5-9-14(13)21-22-15(10-19)17-20-16(11-23-17)12-6-2-1-3-7-12/h1-9,11,21H. The first kappa shape index (κ1) is 15.2. The molecular weight excluding hydrogens is 328 g/mol. The molecule has 0 atom stereocenters. The van der Waals surface area contributed by atoms with Gasteiger partial charge in [0.15, 0.2) is 10.7 Å². The number of anilines is 1.